The number of aromatic nitrogens is 2. The molecule has 4 aromatic rings. The molecule has 1 aliphatic heterocycles. The second-order valence-corrected chi connectivity index (χ2v) is 8.69. The van der Waals surface area contributed by atoms with E-state index in [9.17, 15) is 10.1 Å². The van der Waals surface area contributed by atoms with Gasteiger partial charge >= 0.3 is 0 Å². The van der Waals surface area contributed by atoms with Gasteiger partial charge in [0.2, 0.25) is 0 Å². The average Bonchev–Trinajstić information content (AvgIpc) is 3.49. The largest absolute Gasteiger partial charge is 0.495 e. The minimum Gasteiger partial charge on any atom is -0.495 e. The minimum atomic E-state index is -0.411. The zero-order valence-corrected chi connectivity index (χ0v) is 20.1. The van der Waals surface area contributed by atoms with Crippen molar-refractivity contribution in [3.8, 4) is 11.4 Å². The van der Waals surface area contributed by atoms with Gasteiger partial charge in [0.25, 0.3) is 5.69 Å². The van der Waals surface area contributed by atoms with E-state index >= 15 is 0 Å². The molecule has 1 aliphatic rings. The molecule has 0 spiro atoms. The van der Waals surface area contributed by atoms with Gasteiger partial charge in [-0.25, -0.2) is 0 Å². The van der Waals surface area contributed by atoms with Gasteiger partial charge in [-0.15, -0.1) is 0 Å². The van der Waals surface area contributed by atoms with Crippen molar-refractivity contribution < 1.29 is 9.66 Å². The Balaban J connectivity index is 1.64. The van der Waals surface area contributed by atoms with E-state index in [1.54, 1.807) is 31.5 Å². The van der Waals surface area contributed by atoms with Crippen molar-refractivity contribution in [2.45, 2.75) is 12.1 Å². The number of nitrogens with one attached hydrogen (secondary N) is 1. The molecule has 0 unspecified atom stereocenters. The summed E-state index contributed by atoms with van der Waals surface area (Å²) < 4.78 is 7.32. The molecule has 10 heteroatoms. The average molecular weight is 506 g/mol. The van der Waals surface area contributed by atoms with Crippen molar-refractivity contribution in [3.63, 3.8) is 0 Å². The lowest BCUT2D eigenvalue weighted by Crippen LogP contribution is -2.30. The number of ether oxygens (including phenoxy) is 1. The molecule has 3 heterocycles. The number of anilines is 1. The number of methoxy groups -OCH3 is 1. The van der Waals surface area contributed by atoms with Crippen LogP contribution < -0.4 is 15.0 Å². The highest BCUT2D eigenvalue weighted by atomic mass is 35.5. The number of halogens is 1. The smallest absolute Gasteiger partial charge is 0.269 e. The summed E-state index contributed by atoms with van der Waals surface area (Å²) in [7, 11) is 1.57. The Bertz CT molecular complexity index is 1390. The zero-order valence-electron chi connectivity index (χ0n) is 18.5. The lowest BCUT2D eigenvalue weighted by molar-refractivity contribution is -0.384. The molecule has 5 rings (SSSR count). The topological polar surface area (TPSA) is 85.5 Å². The number of nitro groups is 1. The number of hydrogen-bond donors (Lipinski definition) is 1. The number of non-ortho nitro benzene ring substituents is 1. The molecule has 0 saturated carbocycles. The Morgan fingerprint density at radius 1 is 1.09 bits per heavy atom. The maximum atomic E-state index is 11.1. The normalized spacial score (nSPS) is 17.3. The fourth-order valence-corrected chi connectivity index (χ4v) is 4.94. The van der Waals surface area contributed by atoms with Gasteiger partial charge in [0.1, 0.15) is 11.8 Å². The number of thiocarbonyl (C=S) groups is 1. The van der Waals surface area contributed by atoms with E-state index in [4.69, 9.17) is 28.6 Å². The fourth-order valence-electron chi connectivity index (χ4n) is 4.34. The molecule has 176 valence electrons. The summed E-state index contributed by atoms with van der Waals surface area (Å²) in [6, 6.07) is 21.1. The highest BCUT2D eigenvalue weighted by Gasteiger charge is 2.42. The van der Waals surface area contributed by atoms with Gasteiger partial charge in [-0.3, -0.25) is 15.1 Å². The van der Waals surface area contributed by atoms with Crippen LogP contribution in [0.3, 0.4) is 0 Å². The van der Waals surface area contributed by atoms with Gasteiger partial charge in [-0.05, 0) is 66.8 Å². The van der Waals surface area contributed by atoms with Gasteiger partial charge < -0.3 is 19.5 Å². The highest BCUT2D eigenvalue weighted by molar-refractivity contribution is 7.80. The highest BCUT2D eigenvalue weighted by Crippen LogP contribution is 2.43. The van der Waals surface area contributed by atoms with Crippen molar-refractivity contribution in [3.05, 3.63) is 112 Å². The third-order valence-corrected chi connectivity index (χ3v) is 6.54. The van der Waals surface area contributed by atoms with Gasteiger partial charge in [0.15, 0.2) is 5.11 Å². The van der Waals surface area contributed by atoms with Crippen molar-refractivity contribution in [2.75, 3.05) is 12.0 Å². The Morgan fingerprint density at radius 2 is 1.86 bits per heavy atom. The van der Waals surface area contributed by atoms with Crippen LogP contribution in [0, 0.1) is 10.1 Å². The summed E-state index contributed by atoms with van der Waals surface area (Å²) in [5, 5.41) is 15.6. The monoisotopic (exact) mass is 505 g/mol. The number of hydrogen-bond acceptors (Lipinski definition) is 5. The standard InChI is InChI=1S/C25H20ClN5O3S/c1-34-22-12-11-18(15-19(22)26)30-24(23(28-25(30)35)20-5-2-3-13-27-20)21-6-4-14-29(21)16-7-9-17(10-8-16)31(32)33/h2-15,23-24H,1H3,(H,28,35)/t23-,24+/m1/s1. The molecule has 35 heavy (non-hydrogen) atoms. The predicted molar refractivity (Wildman–Crippen MR) is 138 cm³/mol. The summed E-state index contributed by atoms with van der Waals surface area (Å²) >= 11 is 12.3. The molecule has 8 nitrogen and oxygen atoms in total. The summed E-state index contributed by atoms with van der Waals surface area (Å²) in [5.74, 6) is 0.570. The molecule has 1 saturated heterocycles. The molecule has 2 aromatic carbocycles. The van der Waals surface area contributed by atoms with E-state index in [1.807, 2.05) is 58.1 Å². The maximum absolute atomic E-state index is 11.1. The quantitative estimate of drug-likeness (QED) is 0.207. The van der Waals surface area contributed by atoms with Crippen LogP contribution in [0.5, 0.6) is 5.75 Å². The third kappa shape index (κ3) is 4.20. The van der Waals surface area contributed by atoms with Crippen LogP contribution >= 0.6 is 23.8 Å². The summed E-state index contributed by atoms with van der Waals surface area (Å²) in [6.07, 6.45) is 3.67. The third-order valence-electron chi connectivity index (χ3n) is 5.93. The van der Waals surface area contributed by atoms with E-state index in [2.05, 4.69) is 10.3 Å². The first kappa shape index (κ1) is 22.8. The van der Waals surface area contributed by atoms with Crippen molar-refractivity contribution in [1.29, 1.82) is 0 Å². The van der Waals surface area contributed by atoms with Crippen LogP contribution in [-0.4, -0.2) is 26.7 Å². The Hall–Kier alpha value is -3.95. The number of benzene rings is 2. The number of rotatable bonds is 6. The number of pyridine rings is 1. The lowest BCUT2D eigenvalue weighted by Gasteiger charge is -2.29. The molecule has 2 aromatic heterocycles. The first-order chi connectivity index (χ1) is 17.0. The molecular weight excluding hydrogens is 486 g/mol. The fraction of sp³-hybridized carbons (Fsp3) is 0.120. The predicted octanol–water partition coefficient (Wildman–Crippen LogP) is 5.62. The van der Waals surface area contributed by atoms with E-state index < -0.39 is 4.92 Å². The number of nitrogens with zero attached hydrogens (tertiary/aromatic N) is 4. The summed E-state index contributed by atoms with van der Waals surface area (Å²) in [4.78, 5) is 17.3. The molecule has 0 aliphatic carbocycles. The Labute approximate surface area is 211 Å². The van der Waals surface area contributed by atoms with Gasteiger partial charge in [0, 0.05) is 41.6 Å². The van der Waals surface area contributed by atoms with Gasteiger partial charge in [0.05, 0.1) is 28.8 Å². The molecule has 0 bridgehead atoms. The van der Waals surface area contributed by atoms with E-state index in [0.29, 0.717) is 15.9 Å². The van der Waals surface area contributed by atoms with Crippen LogP contribution in [-0.2, 0) is 0 Å². The van der Waals surface area contributed by atoms with Crippen LogP contribution in [0.25, 0.3) is 5.69 Å². The van der Waals surface area contributed by atoms with Crippen LogP contribution in [0.15, 0.2) is 85.2 Å². The van der Waals surface area contributed by atoms with Gasteiger partial charge in [-0.2, -0.15) is 0 Å². The van der Waals surface area contributed by atoms with E-state index in [0.717, 1.165) is 22.8 Å². The van der Waals surface area contributed by atoms with Crippen LogP contribution in [0.2, 0.25) is 5.02 Å². The molecule has 1 fully saturated rings. The summed E-state index contributed by atoms with van der Waals surface area (Å²) in [6.45, 7) is 0. The van der Waals surface area contributed by atoms with Crippen LogP contribution in [0.4, 0.5) is 11.4 Å². The Morgan fingerprint density at radius 3 is 2.51 bits per heavy atom. The molecule has 0 amide bonds. The van der Waals surface area contributed by atoms with E-state index in [1.165, 1.54) is 12.1 Å². The first-order valence-electron chi connectivity index (χ1n) is 10.7. The molecule has 1 N–H and O–H groups in total. The number of nitro benzene ring substituents is 1. The lowest BCUT2D eigenvalue weighted by atomic mass is 10.0. The second kappa shape index (κ2) is 9.36. The summed E-state index contributed by atoms with van der Waals surface area (Å²) in [5.41, 5.74) is 3.38. The molecule has 0 radical (unpaired) electrons. The second-order valence-electron chi connectivity index (χ2n) is 7.89. The van der Waals surface area contributed by atoms with Gasteiger partial charge in [-0.1, -0.05) is 17.7 Å². The maximum Gasteiger partial charge on any atom is 0.269 e. The zero-order chi connectivity index (χ0) is 24.5. The van der Waals surface area contributed by atoms with E-state index in [-0.39, 0.29) is 17.8 Å². The Kier molecular flexibility index (Phi) is 6.10. The first-order valence-corrected chi connectivity index (χ1v) is 11.5. The van der Waals surface area contributed by atoms with Crippen molar-refractivity contribution in [2.24, 2.45) is 0 Å². The van der Waals surface area contributed by atoms with Crippen LogP contribution in [0.1, 0.15) is 23.5 Å². The SMILES string of the molecule is COc1ccc(N2C(=S)N[C@H](c3ccccn3)[C@@H]2c2cccn2-c2ccc([N+](=O)[O-])cc2)cc1Cl. The molecule has 2 atom stereocenters. The van der Waals surface area contributed by atoms with Crippen molar-refractivity contribution in [1.82, 2.24) is 14.9 Å². The minimum absolute atomic E-state index is 0.0343. The van der Waals surface area contributed by atoms with Crippen molar-refractivity contribution >= 4 is 40.3 Å². The molecular formula is C25H20ClN5O3S.